The average molecular weight is 675 g/mol. The standard InChI is InChI=1S/C33H40ClFN4O6S/c1-43-28-17-22(34)5-11-26(28)36-33-37-27-10-4-21(30(35)31(27)45-33)16-29(40)39-23(18-38-12-14-46-15-13-38)6-7-24(39)19-44-25-8-2-20(3-9-25)32(41)42/h4-5,10-11,17,20,23-25H,2-3,6-9,12-16,18-19H2,1H3,(H,36,37)(H,41,42)/t20?,23-,24-,25?/m0/s1. The molecule has 13 heteroatoms. The molecule has 2 N–H and O–H groups in total. The summed E-state index contributed by atoms with van der Waals surface area (Å²) < 4.78 is 33.3. The molecule has 3 fully saturated rings. The van der Waals surface area contributed by atoms with Gasteiger partial charge in [-0.2, -0.15) is 16.7 Å². The fourth-order valence-corrected chi connectivity index (χ4v) is 7.99. The molecule has 2 aliphatic heterocycles. The van der Waals surface area contributed by atoms with E-state index in [1.54, 1.807) is 30.3 Å². The number of methoxy groups -OCH3 is 1. The first-order chi connectivity index (χ1) is 22.3. The Hall–Kier alpha value is -3.06. The summed E-state index contributed by atoms with van der Waals surface area (Å²) in [6.45, 7) is 3.17. The van der Waals surface area contributed by atoms with E-state index >= 15 is 4.39 Å². The highest BCUT2D eigenvalue weighted by atomic mass is 35.5. The van der Waals surface area contributed by atoms with Gasteiger partial charge in [0.25, 0.3) is 6.01 Å². The van der Waals surface area contributed by atoms with Gasteiger partial charge in [0, 0.05) is 53.8 Å². The van der Waals surface area contributed by atoms with E-state index in [2.05, 4.69) is 15.2 Å². The molecule has 2 atom stereocenters. The molecule has 46 heavy (non-hydrogen) atoms. The monoisotopic (exact) mass is 674 g/mol. The van der Waals surface area contributed by atoms with E-state index in [0.29, 0.717) is 54.3 Å². The van der Waals surface area contributed by atoms with Crippen LogP contribution in [0.3, 0.4) is 0 Å². The van der Waals surface area contributed by atoms with Crippen molar-refractivity contribution in [2.45, 2.75) is 63.1 Å². The number of nitrogens with one attached hydrogen (secondary N) is 1. The number of anilines is 2. The number of amides is 1. The summed E-state index contributed by atoms with van der Waals surface area (Å²) in [7, 11) is 1.52. The predicted molar refractivity (Wildman–Crippen MR) is 176 cm³/mol. The van der Waals surface area contributed by atoms with Crippen molar-refractivity contribution in [3.05, 3.63) is 46.7 Å². The van der Waals surface area contributed by atoms with Crippen LogP contribution in [0.5, 0.6) is 5.75 Å². The lowest BCUT2D eigenvalue weighted by molar-refractivity contribution is -0.144. The van der Waals surface area contributed by atoms with Gasteiger partial charge >= 0.3 is 5.97 Å². The second-order valence-corrected chi connectivity index (χ2v) is 14.0. The van der Waals surface area contributed by atoms with Crippen LogP contribution < -0.4 is 10.1 Å². The summed E-state index contributed by atoms with van der Waals surface area (Å²) >= 11 is 8.02. The molecule has 1 amide bonds. The Kier molecular flexibility index (Phi) is 10.6. The number of oxazole rings is 1. The molecule has 0 radical (unpaired) electrons. The molecular weight excluding hydrogens is 635 g/mol. The van der Waals surface area contributed by atoms with Crippen LogP contribution in [0.2, 0.25) is 5.02 Å². The van der Waals surface area contributed by atoms with E-state index < -0.39 is 11.8 Å². The van der Waals surface area contributed by atoms with Crippen LogP contribution in [0.1, 0.15) is 44.1 Å². The van der Waals surface area contributed by atoms with E-state index in [1.807, 2.05) is 16.7 Å². The number of likely N-dealkylation sites (tertiary alicyclic amines) is 1. The maximum absolute atomic E-state index is 15.9. The molecule has 3 aromatic rings. The Morgan fingerprint density at radius 1 is 1.11 bits per heavy atom. The fraction of sp³-hybridized carbons (Fsp3) is 0.545. The summed E-state index contributed by atoms with van der Waals surface area (Å²) in [5, 5.41) is 12.9. The van der Waals surface area contributed by atoms with Crippen molar-refractivity contribution in [1.82, 2.24) is 14.8 Å². The van der Waals surface area contributed by atoms with Gasteiger partial charge in [0.2, 0.25) is 5.91 Å². The number of aliphatic carboxylic acids is 1. The third-order valence-electron chi connectivity index (χ3n) is 9.35. The molecule has 10 nitrogen and oxygen atoms in total. The first-order valence-corrected chi connectivity index (χ1v) is 17.5. The molecule has 3 aliphatic rings. The molecule has 6 rings (SSSR count). The third-order valence-corrected chi connectivity index (χ3v) is 10.5. The molecule has 1 saturated carbocycles. The zero-order valence-corrected chi connectivity index (χ0v) is 27.5. The predicted octanol–water partition coefficient (Wildman–Crippen LogP) is 5.98. The van der Waals surface area contributed by atoms with E-state index in [1.165, 1.54) is 7.11 Å². The van der Waals surface area contributed by atoms with E-state index in [-0.39, 0.29) is 53.6 Å². The number of hydrogen-bond donors (Lipinski definition) is 2. The van der Waals surface area contributed by atoms with Crippen LogP contribution in [0.4, 0.5) is 16.1 Å². The molecule has 1 aliphatic carbocycles. The quantitative estimate of drug-likeness (QED) is 0.251. The summed E-state index contributed by atoms with van der Waals surface area (Å²) in [5.41, 5.74) is 1.11. The number of carboxylic acid groups (broad SMARTS) is 1. The van der Waals surface area contributed by atoms with Crippen molar-refractivity contribution < 1.29 is 33.0 Å². The number of fused-ring (bicyclic) bond motifs is 1. The molecule has 1 aromatic heterocycles. The molecule has 3 heterocycles. The highest BCUT2D eigenvalue weighted by molar-refractivity contribution is 7.99. The minimum atomic E-state index is -0.741. The van der Waals surface area contributed by atoms with Crippen LogP contribution in [-0.2, 0) is 20.7 Å². The minimum absolute atomic E-state index is 0.00679. The molecule has 0 bridgehead atoms. The highest BCUT2D eigenvalue weighted by Crippen LogP contribution is 2.34. The maximum atomic E-state index is 15.9. The Morgan fingerprint density at radius 3 is 2.61 bits per heavy atom. The number of carboxylic acids is 1. The van der Waals surface area contributed by atoms with Gasteiger partial charge in [-0.15, -0.1) is 0 Å². The lowest BCUT2D eigenvalue weighted by Gasteiger charge is -2.36. The number of nitrogens with zero attached hydrogens (tertiary/aromatic N) is 3. The fourth-order valence-electron chi connectivity index (χ4n) is 6.85. The Bertz CT molecular complexity index is 1540. The number of carbonyl (C=O) groups is 2. The molecule has 248 valence electrons. The van der Waals surface area contributed by atoms with Crippen LogP contribution in [0.15, 0.2) is 34.7 Å². The van der Waals surface area contributed by atoms with Crippen molar-refractivity contribution in [1.29, 1.82) is 0 Å². The highest BCUT2D eigenvalue weighted by Gasteiger charge is 2.39. The third kappa shape index (κ3) is 7.56. The van der Waals surface area contributed by atoms with Crippen LogP contribution in [0, 0.1) is 11.7 Å². The number of thioether (sulfide) groups is 1. The summed E-state index contributed by atoms with van der Waals surface area (Å²) in [5.74, 6) is 0.846. The van der Waals surface area contributed by atoms with Crippen molar-refractivity contribution in [2.24, 2.45) is 5.92 Å². The topological polar surface area (TPSA) is 117 Å². The van der Waals surface area contributed by atoms with E-state index in [0.717, 1.165) is 44.0 Å². The van der Waals surface area contributed by atoms with Gasteiger partial charge < -0.3 is 29.2 Å². The van der Waals surface area contributed by atoms with Crippen LogP contribution >= 0.6 is 23.4 Å². The molecular formula is C33H40ClFN4O6S. The maximum Gasteiger partial charge on any atom is 0.306 e. The molecule has 0 unspecified atom stereocenters. The number of ether oxygens (including phenoxy) is 2. The van der Waals surface area contributed by atoms with Crippen molar-refractivity contribution in [3.63, 3.8) is 0 Å². The largest absolute Gasteiger partial charge is 0.495 e. The van der Waals surface area contributed by atoms with Crippen molar-refractivity contribution >= 4 is 58.0 Å². The summed E-state index contributed by atoms with van der Waals surface area (Å²) in [6, 6.07) is 8.32. The van der Waals surface area contributed by atoms with E-state index in [9.17, 15) is 14.7 Å². The van der Waals surface area contributed by atoms with Crippen molar-refractivity contribution in [2.75, 3.05) is 50.2 Å². The van der Waals surface area contributed by atoms with Gasteiger partial charge in [0.05, 0.1) is 43.9 Å². The van der Waals surface area contributed by atoms with Gasteiger partial charge in [-0.25, -0.2) is 4.39 Å². The number of aromatic nitrogens is 1. The van der Waals surface area contributed by atoms with Gasteiger partial charge in [0.1, 0.15) is 11.3 Å². The smallest absolute Gasteiger partial charge is 0.306 e. The summed E-state index contributed by atoms with van der Waals surface area (Å²) in [6.07, 6.45) is 4.19. The molecule has 2 saturated heterocycles. The van der Waals surface area contributed by atoms with Crippen LogP contribution in [-0.4, -0.2) is 94.8 Å². The zero-order valence-electron chi connectivity index (χ0n) is 25.9. The second-order valence-electron chi connectivity index (χ2n) is 12.3. The Balaban J connectivity index is 1.16. The zero-order chi connectivity index (χ0) is 32.2. The van der Waals surface area contributed by atoms with Gasteiger partial charge in [0.15, 0.2) is 11.4 Å². The molecule has 2 aromatic carbocycles. The first kappa shape index (κ1) is 32.9. The van der Waals surface area contributed by atoms with E-state index in [4.69, 9.17) is 25.5 Å². The number of benzene rings is 2. The second kappa shape index (κ2) is 14.8. The number of rotatable bonds is 11. The first-order valence-electron chi connectivity index (χ1n) is 15.9. The van der Waals surface area contributed by atoms with Crippen LogP contribution in [0.25, 0.3) is 11.1 Å². The minimum Gasteiger partial charge on any atom is -0.495 e. The van der Waals surface area contributed by atoms with Crippen molar-refractivity contribution in [3.8, 4) is 5.75 Å². The Labute approximate surface area is 276 Å². The van der Waals surface area contributed by atoms with Gasteiger partial charge in [-0.1, -0.05) is 17.7 Å². The number of halogens is 2. The molecule has 0 spiro atoms. The Morgan fingerprint density at radius 2 is 1.87 bits per heavy atom. The normalized spacial score (nSPS) is 23.9. The average Bonchev–Trinajstić information content (AvgIpc) is 3.67. The SMILES string of the molecule is COc1cc(Cl)ccc1Nc1nc2ccc(CC(=O)N3[C@H](COC4CCC(C(=O)O)CC4)CC[C@H]3CN3CCSCC3)c(F)c2o1. The van der Waals surface area contributed by atoms with Gasteiger partial charge in [-0.05, 0) is 56.7 Å². The lowest BCUT2D eigenvalue weighted by Crippen LogP contribution is -2.50. The number of hydrogen-bond acceptors (Lipinski definition) is 9. The number of carbonyl (C=O) groups excluding carboxylic acids is 1. The lowest BCUT2D eigenvalue weighted by atomic mass is 9.87. The summed E-state index contributed by atoms with van der Waals surface area (Å²) in [4.78, 5) is 34.1. The van der Waals surface area contributed by atoms with Gasteiger partial charge in [-0.3, -0.25) is 14.5 Å².